The van der Waals surface area contributed by atoms with Gasteiger partial charge in [0.15, 0.2) is 0 Å². The lowest BCUT2D eigenvalue weighted by Crippen LogP contribution is -2.49. The molecule has 158 valence electrons. The second-order valence-corrected chi connectivity index (χ2v) is 9.80. The van der Waals surface area contributed by atoms with Gasteiger partial charge in [-0.3, -0.25) is 0 Å². The van der Waals surface area contributed by atoms with Crippen molar-refractivity contribution in [3.8, 4) is 5.75 Å². The Morgan fingerprint density at radius 3 is 2.79 bits per heavy atom. The maximum atomic E-state index is 12.8. The summed E-state index contributed by atoms with van der Waals surface area (Å²) in [6, 6.07) is 6.38. The molecule has 1 aromatic carbocycles. The molecular weight excluding hydrogens is 360 g/mol. The number of benzene rings is 1. The SMILES string of the molecule is CCCCCCC1=C2c3ccc(OC)cc3CC[C@@]2(C=O)[C@@H]2CC[C@H](O)[C@@]2(C)C1. The standard InChI is InChI=1S/C26H36O3/c1-4-5-6-7-8-19-16-25(2)22(11-12-23(25)28)26(17-27)14-13-18-15-20(29-3)9-10-21(18)24(19)26/h9-10,15,17,22-23,28H,4-8,11-14,16H2,1-3H3/t22-,23+,25+,26-/m1/s1. The Morgan fingerprint density at radius 2 is 2.07 bits per heavy atom. The van der Waals surface area contributed by atoms with Crippen LogP contribution in [0, 0.1) is 16.7 Å². The number of methoxy groups -OCH3 is 1. The van der Waals surface area contributed by atoms with E-state index in [0.717, 1.165) is 44.3 Å². The molecule has 3 nitrogen and oxygen atoms in total. The first-order chi connectivity index (χ1) is 14.0. The summed E-state index contributed by atoms with van der Waals surface area (Å²) in [5, 5.41) is 10.9. The topological polar surface area (TPSA) is 46.5 Å². The number of aryl methyl sites for hydroxylation is 1. The predicted octanol–water partition coefficient (Wildman–Crippen LogP) is 5.73. The molecular formula is C26H36O3. The molecule has 3 aliphatic carbocycles. The van der Waals surface area contributed by atoms with E-state index in [-0.39, 0.29) is 17.4 Å². The van der Waals surface area contributed by atoms with Crippen LogP contribution in [0.15, 0.2) is 23.8 Å². The summed E-state index contributed by atoms with van der Waals surface area (Å²) in [4.78, 5) is 12.8. The average molecular weight is 397 g/mol. The number of rotatable bonds is 7. The highest BCUT2D eigenvalue weighted by Gasteiger charge is 2.60. The highest BCUT2D eigenvalue weighted by Crippen LogP contribution is 2.66. The number of hydrogen-bond donors (Lipinski definition) is 1. The van der Waals surface area contributed by atoms with E-state index in [4.69, 9.17) is 4.74 Å². The van der Waals surface area contributed by atoms with Gasteiger partial charge in [0.05, 0.1) is 18.6 Å². The Balaban J connectivity index is 1.85. The van der Waals surface area contributed by atoms with Gasteiger partial charge in [0.1, 0.15) is 12.0 Å². The maximum Gasteiger partial charge on any atom is 0.130 e. The van der Waals surface area contributed by atoms with Crippen molar-refractivity contribution < 1.29 is 14.6 Å². The Labute approximate surface area is 175 Å². The highest BCUT2D eigenvalue weighted by atomic mass is 16.5. The van der Waals surface area contributed by atoms with Gasteiger partial charge >= 0.3 is 0 Å². The quantitative estimate of drug-likeness (QED) is 0.473. The van der Waals surface area contributed by atoms with E-state index in [9.17, 15) is 9.90 Å². The molecule has 0 heterocycles. The number of carbonyl (C=O) groups excluding carboxylic acids is 1. The zero-order valence-electron chi connectivity index (χ0n) is 18.3. The van der Waals surface area contributed by atoms with Gasteiger partial charge in [-0.2, -0.15) is 0 Å². The number of fused-ring (bicyclic) bond motifs is 5. The van der Waals surface area contributed by atoms with Crippen molar-refractivity contribution in [3.63, 3.8) is 0 Å². The fourth-order valence-electron chi connectivity index (χ4n) is 6.76. The van der Waals surface area contributed by atoms with E-state index in [2.05, 4.69) is 26.0 Å². The first-order valence-corrected chi connectivity index (χ1v) is 11.5. The monoisotopic (exact) mass is 396 g/mol. The summed E-state index contributed by atoms with van der Waals surface area (Å²) < 4.78 is 5.47. The van der Waals surface area contributed by atoms with Crippen LogP contribution in [0.5, 0.6) is 5.75 Å². The molecule has 3 aliphatic rings. The number of carbonyl (C=O) groups is 1. The van der Waals surface area contributed by atoms with Crippen LogP contribution in [0.4, 0.5) is 0 Å². The minimum absolute atomic E-state index is 0.172. The molecule has 0 aliphatic heterocycles. The summed E-state index contributed by atoms with van der Waals surface area (Å²) in [7, 11) is 1.71. The van der Waals surface area contributed by atoms with Crippen LogP contribution >= 0.6 is 0 Å². The van der Waals surface area contributed by atoms with E-state index in [1.54, 1.807) is 7.11 Å². The smallest absolute Gasteiger partial charge is 0.130 e. The van der Waals surface area contributed by atoms with Crippen LogP contribution in [0.2, 0.25) is 0 Å². The molecule has 0 saturated heterocycles. The molecule has 0 amide bonds. The lowest BCUT2D eigenvalue weighted by Gasteiger charge is -2.53. The zero-order valence-corrected chi connectivity index (χ0v) is 18.3. The molecule has 1 N–H and O–H groups in total. The van der Waals surface area contributed by atoms with Crippen LogP contribution < -0.4 is 4.74 Å². The van der Waals surface area contributed by atoms with Crippen molar-refractivity contribution in [3.05, 3.63) is 34.9 Å². The molecule has 3 heteroatoms. The molecule has 0 unspecified atom stereocenters. The fraction of sp³-hybridized carbons (Fsp3) is 0.654. The molecule has 4 rings (SSSR count). The third-order valence-corrected chi connectivity index (χ3v) is 8.25. The van der Waals surface area contributed by atoms with E-state index < -0.39 is 5.41 Å². The van der Waals surface area contributed by atoms with Crippen LogP contribution in [0.3, 0.4) is 0 Å². The first kappa shape index (κ1) is 20.7. The Hall–Kier alpha value is -1.61. The van der Waals surface area contributed by atoms with Crippen molar-refractivity contribution in [2.24, 2.45) is 16.7 Å². The second-order valence-electron chi connectivity index (χ2n) is 9.80. The van der Waals surface area contributed by atoms with E-state index in [1.807, 2.05) is 6.07 Å². The minimum atomic E-state index is -0.438. The third-order valence-electron chi connectivity index (χ3n) is 8.25. The Kier molecular flexibility index (Phi) is 5.63. The summed E-state index contributed by atoms with van der Waals surface area (Å²) in [6.07, 6.45) is 11.4. The molecule has 1 fully saturated rings. The number of aliphatic hydroxyl groups excluding tert-OH is 1. The first-order valence-electron chi connectivity index (χ1n) is 11.5. The number of aldehydes is 1. The molecule has 0 spiro atoms. The second kappa shape index (κ2) is 7.91. The average Bonchev–Trinajstić information content (AvgIpc) is 3.04. The summed E-state index contributed by atoms with van der Waals surface area (Å²) >= 11 is 0. The fourth-order valence-corrected chi connectivity index (χ4v) is 6.76. The molecule has 4 atom stereocenters. The number of hydrogen-bond acceptors (Lipinski definition) is 3. The van der Waals surface area contributed by atoms with Gasteiger partial charge in [0.2, 0.25) is 0 Å². The van der Waals surface area contributed by atoms with Crippen LogP contribution in [-0.4, -0.2) is 24.6 Å². The summed E-state index contributed by atoms with van der Waals surface area (Å²) in [5.41, 5.74) is 4.70. The van der Waals surface area contributed by atoms with E-state index in [1.165, 1.54) is 54.2 Å². The molecule has 0 radical (unpaired) electrons. The predicted molar refractivity (Wildman–Crippen MR) is 117 cm³/mol. The highest BCUT2D eigenvalue weighted by molar-refractivity contribution is 5.91. The number of ether oxygens (including phenoxy) is 1. The van der Waals surface area contributed by atoms with Gasteiger partial charge in [-0.15, -0.1) is 0 Å². The van der Waals surface area contributed by atoms with Crippen molar-refractivity contribution >= 4 is 11.9 Å². The summed E-state index contributed by atoms with van der Waals surface area (Å²) in [6.45, 7) is 4.48. The van der Waals surface area contributed by atoms with Gasteiger partial charge in [-0.1, -0.05) is 44.7 Å². The maximum absolute atomic E-state index is 12.8. The number of allylic oxidation sites excluding steroid dienone is 2. The largest absolute Gasteiger partial charge is 0.497 e. The van der Waals surface area contributed by atoms with Gasteiger partial charge < -0.3 is 14.6 Å². The normalized spacial score (nSPS) is 33.1. The Bertz CT molecular complexity index is 810. The lowest BCUT2D eigenvalue weighted by atomic mass is 9.50. The zero-order chi connectivity index (χ0) is 20.6. The molecule has 29 heavy (non-hydrogen) atoms. The Morgan fingerprint density at radius 1 is 1.24 bits per heavy atom. The van der Waals surface area contributed by atoms with E-state index >= 15 is 0 Å². The molecule has 1 aromatic rings. The summed E-state index contributed by atoms with van der Waals surface area (Å²) in [5.74, 6) is 1.14. The lowest BCUT2D eigenvalue weighted by molar-refractivity contribution is -0.120. The van der Waals surface area contributed by atoms with Crippen molar-refractivity contribution in [2.75, 3.05) is 7.11 Å². The van der Waals surface area contributed by atoms with E-state index in [0.29, 0.717) is 0 Å². The molecule has 0 bridgehead atoms. The van der Waals surface area contributed by atoms with Gasteiger partial charge in [-0.05, 0) is 79.7 Å². The van der Waals surface area contributed by atoms with Gasteiger partial charge in [0.25, 0.3) is 0 Å². The minimum Gasteiger partial charge on any atom is -0.497 e. The van der Waals surface area contributed by atoms with Crippen molar-refractivity contribution in [1.82, 2.24) is 0 Å². The van der Waals surface area contributed by atoms with Crippen LogP contribution in [0.1, 0.15) is 82.8 Å². The van der Waals surface area contributed by atoms with Gasteiger partial charge in [0, 0.05) is 5.41 Å². The van der Waals surface area contributed by atoms with Crippen LogP contribution in [-0.2, 0) is 11.2 Å². The number of aliphatic hydroxyl groups is 1. The molecule has 0 aromatic heterocycles. The number of unbranched alkanes of at least 4 members (excludes halogenated alkanes) is 3. The van der Waals surface area contributed by atoms with Gasteiger partial charge in [-0.25, -0.2) is 0 Å². The van der Waals surface area contributed by atoms with Crippen LogP contribution in [0.25, 0.3) is 5.57 Å². The van der Waals surface area contributed by atoms with Crippen molar-refractivity contribution in [2.45, 2.75) is 84.2 Å². The van der Waals surface area contributed by atoms with Crippen molar-refractivity contribution in [1.29, 1.82) is 0 Å². The third kappa shape index (κ3) is 3.17. The molecule has 1 saturated carbocycles.